The number of amides is 2. The number of hydrogen-bond donors (Lipinski definition) is 0. The summed E-state index contributed by atoms with van der Waals surface area (Å²) in [5.74, 6) is -1.89. The average molecular weight is 487 g/mol. The Balaban J connectivity index is 1.26. The van der Waals surface area contributed by atoms with E-state index in [9.17, 15) is 18.0 Å². The lowest BCUT2D eigenvalue weighted by Gasteiger charge is -2.38. The number of piperazine rings is 1. The molecule has 2 amide bonds. The lowest BCUT2D eigenvalue weighted by atomic mass is 9.90. The molecule has 35 heavy (non-hydrogen) atoms. The van der Waals surface area contributed by atoms with Gasteiger partial charge in [-0.15, -0.1) is 5.10 Å². The van der Waals surface area contributed by atoms with E-state index in [-0.39, 0.29) is 18.1 Å². The minimum Gasteiger partial charge on any atom is -0.337 e. The highest BCUT2D eigenvalue weighted by atomic mass is 19.1. The second kappa shape index (κ2) is 9.12. The zero-order chi connectivity index (χ0) is 24.7. The number of carbonyl (C=O) groups is 1. The fraction of sp³-hybridized carbons (Fsp3) is 0.455. The van der Waals surface area contributed by atoms with E-state index in [2.05, 4.69) is 25.4 Å². The van der Waals surface area contributed by atoms with Crippen molar-refractivity contribution in [1.82, 2.24) is 34.9 Å². The highest BCUT2D eigenvalue weighted by Crippen LogP contribution is 2.33. The monoisotopic (exact) mass is 487 g/mol. The van der Waals surface area contributed by atoms with Crippen LogP contribution in [0.4, 0.5) is 23.9 Å². The van der Waals surface area contributed by atoms with Crippen molar-refractivity contribution in [3.63, 3.8) is 0 Å². The van der Waals surface area contributed by atoms with Crippen molar-refractivity contribution in [1.29, 1.82) is 0 Å². The molecular weight excluding hydrogens is 463 g/mol. The summed E-state index contributed by atoms with van der Waals surface area (Å²) in [5, 5.41) is 13.4. The van der Waals surface area contributed by atoms with Crippen molar-refractivity contribution in [2.24, 2.45) is 18.1 Å². The number of halogens is 3. The van der Waals surface area contributed by atoms with Crippen LogP contribution in [-0.2, 0) is 7.05 Å². The van der Waals surface area contributed by atoms with Gasteiger partial charge in [-0.1, -0.05) is 5.21 Å². The number of aryl methyl sites for hydroxylation is 2. The second-order valence-electron chi connectivity index (χ2n) is 8.73. The lowest BCUT2D eigenvalue weighted by molar-refractivity contribution is 0.127. The van der Waals surface area contributed by atoms with Gasteiger partial charge in [0.25, 0.3) is 0 Å². The molecule has 1 fully saturated rings. The Kier molecular flexibility index (Phi) is 5.99. The molecule has 0 saturated carbocycles. The molecule has 2 aliphatic heterocycles. The first-order valence-electron chi connectivity index (χ1n) is 11.3. The predicted molar refractivity (Wildman–Crippen MR) is 121 cm³/mol. The van der Waals surface area contributed by atoms with Gasteiger partial charge in [-0.2, -0.15) is 5.10 Å². The molecule has 5 rings (SSSR count). The van der Waals surface area contributed by atoms with Crippen LogP contribution < -0.4 is 4.90 Å². The van der Waals surface area contributed by atoms with Gasteiger partial charge in [0.05, 0.1) is 17.9 Å². The maximum atomic E-state index is 14.5. The first kappa shape index (κ1) is 23.0. The Morgan fingerprint density at radius 1 is 1.14 bits per heavy atom. The van der Waals surface area contributed by atoms with Crippen LogP contribution in [0.15, 0.2) is 35.1 Å². The van der Waals surface area contributed by atoms with Crippen LogP contribution in [0.3, 0.4) is 0 Å². The van der Waals surface area contributed by atoms with Gasteiger partial charge in [-0.05, 0) is 13.0 Å². The Morgan fingerprint density at radius 3 is 2.60 bits per heavy atom. The van der Waals surface area contributed by atoms with E-state index in [1.807, 2.05) is 4.90 Å². The van der Waals surface area contributed by atoms with Crippen molar-refractivity contribution in [3.8, 4) is 11.4 Å². The van der Waals surface area contributed by atoms with Crippen LogP contribution >= 0.6 is 0 Å². The molecule has 3 aliphatic rings. The zero-order valence-corrected chi connectivity index (χ0v) is 19.3. The number of rotatable bonds is 3. The van der Waals surface area contributed by atoms with E-state index in [1.165, 1.54) is 15.8 Å². The van der Waals surface area contributed by atoms with Gasteiger partial charge in [0.1, 0.15) is 23.0 Å². The van der Waals surface area contributed by atoms with Crippen LogP contribution in [0.5, 0.6) is 0 Å². The summed E-state index contributed by atoms with van der Waals surface area (Å²) in [6.07, 6.45) is 5.41. The van der Waals surface area contributed by atoms with E-state index in [4.69, 9.17) is 0 Å². The maximum absolute atomic E-state index is 14.5. The van der Waals surface area contributed by atoms with Crippen LogP contribution in [0.1, 0.15) is 18.5 Å². The van der Waals surface area contributed by atoms with Gasteiger partial charge < -0.3 is 9.80 Å². The van der Waals surface area contributed by atoms with Gasteiger partial charge in [0.2, 0.25) is 5.95 Å². The number of urea groups is 1. The molecule has 2 atom stereocenters. The summed E-state index contributed by atoms with van der Waals surface area (Å²) in [7, 11) is 1.66. The molecule has 13 heteroatoms. The number of hydrazone groups is 1. The molecule has 0 radical (unpaired) electrons. The molecule has 2 aromatic rings. The highest BCUT2D eigenvalue weighted by molar-refractivity contribution is 5.78. The van der Waals surface area contributed by atoms with Crippen molar-refractivity contribution in [3.05, 3.63) is 41.5 Å². The smallest absolute Gasteiger partial charge is 0.337 e. The number of carbonyl (C=O) groups excluding carboxylic acids is 1. The molecule has 4 heterocycles. The fourth-order valence-electron chi connectivity index (χ4n) is 4.67. The van der Waals surface area contributed by atoms with E-state index in [0.29, 0.717) is 49.9 Å². The van der Waals surface area contributed by atoms with Crippen molar-refractivity contribution in [2.45, 2.75) is 25.8 Å². The number of hydrogen-bond acceptors (Lipinski definition) is 7. The summed E-state index contributed by atoms with van der Waals surface area (Å²) in [6.45, 7) is 3.31. The minimum atomic E-state index is -0.637. The van der Waals surface area contributed by atoms with Gasteiger partial charge >= 0.3 is 6.03 Å². The number of nitrogens with zero attached hydrogens (tertiary/aromatic N) is 9. The van der Waals surface area contributed by atoms with Gasteiger partial charge in [-0.3, -0.25) is 0 Å². The van der Waals surface area contributed by atoms with Crippen molar-refractivity contribution < 1.29 is 18.0 Å². The van der Waals surface area contributed by atoms with E-state index < -0.39 is 29.4 Å². The summed E-state index contributed by atoms with van der Waals surface area (Å²) in [6, 6.07) is -0.756. The second-order valence-corrected chi connectivity index (χ2v) is 8.73. The molecule has 0 spiro atoms. The summed E-state index contributed by atoms with van der Waals surface area (Å²) in [4.78, 5) is 25.2. The molecule has 1 unspecified atom stereocenters. The Hall–Kier alpha value is -3.77. The normalized spacial score (nSPS) is 22.5. The van der Waals surface area contributed by atoms with Gasteiger partial charge in [-0.25, -0.2) is 37.6 Å². The topological polar surface area (TPSA) is 95.6 Å². The number of aromatic nitrogens is 5. The Labute approximate surface area is 199 Å². The molecule has 0 bridgehead atoms. The third-order valence-electron chi connectivity index (χ3n) is 6.44. The van der Waals surface area contributed by atoms with Gasteiger partial charge in [0, 0.05) is 64.3 Å². The van der Waals surface area contributed by atoms with E-state index >= 15 is 0 Å². The third kappa shape index (κ3) is 4.37. The van der Waals surface area contributed by atoms with Crippen LogP contribution in [-0.4, -0.2) is 79.3 Å². The van der Waals surface area contributed by atoms with Crippen LogP contribution in [0, 0.1) is 18.7 Å². The minimum absolute atomic E-state index is 0.0366. The average Bonchev–Trinajstić information content (AvgIpc) is 3.45. The standard InChI is InChI=1S/C22H24F3N9O/c1-13-20(31(2)30-29-13)19-17(25)12-26-21(28-19)32-5-7-33(8-6-32)22(35)34-18(3-4-27-34)14-9-15(23)11-16(24)10-14/h4,9,11-12,14,18H,3,5-8,10H2,1-2H3/t14?,18-/m0/s1. The first-order chi connectivity index (χ1) is 16.8. The molecule has 184 valence electrons. The van der Waals surface area contributed by atoms with Crippen molar-refractivity contribution in [2.75, 3.05) is 31.1 Å². The number of allylic oxidation sites excluding steroid dienone is 3. The predicted octanol–water partition coefficient (Wildman–Crippen LogP) is 2.75. The molecule has 1 aliphatic carbocycles. The first-order valence-corrected chi connectivity index (χ1v) is 11.3. The molecular formula is C22H24F3N9O. The highest BCUT2D eigenvalue weighted by Gasteiger charge is 2.37. The molecule has 10 nitrogen and oxygen atoms in total. The molecule has 2 aromatic heterocycles. The Morgan fingerprint density at radius 2 is 1.91 bits per heavy atom. The Bertz CT molecular complexity index is 1210. The van der Waals surface area contributed by atoms with E-state index in [0.717, 1.165) is 12.3 Å². The van der Waals surface area contributed by atoms with Crippen molar-refractivity contribution >= 4 is 18.2 Å². The van der Waals surface area contributed by atoms with Gasteiger partial charge in [0.15, 0.2) is 5.82 Å². The largest absolute Gasteiger partial charge is 0.340 e. The zero-order valence-electron chi connectivity index (χ0n) is 19.3. The quantitative estimate of drug-likeness (QED) is 0.661. The SMILES string of the molecule is Cc1nnn(C)c1-c1nc(N2CCN(C(=O)N3N=CC[C@H]3C3C=C(F)C=C(F)C3)CC2)ncc1F. The maximum Gasteiger partial charge on any atom is 0.340 e. The molecule has 0 aromatic carbocycles. The van der Waals surface area contributed by atoms with Crippen LogP contribution in [0.2, 0.25) is 0 Å². The number of anilines is 1. The fourth-order valence-corrected chi connectivity index (χ4v) is 4.67. The molecule has 1 saturated heterocycles. The summed E-state index contributed by atoms with van der Waals surface area (Å²) < 4.78 is 43.5. The lowest BCUT2D eigenvalue weighted by Crippen LogP contribution is -2.54. The van der Waals surface area contributed by atoms with Crippen LogP contribution in [0.25, 0.3) is 11.4 Å². The summed E-state index contributed by atoms with van der Waals surface area (Å²) in [5.41, 5.74) is 1.13. The van der Waals surface area contributed by atoms with E-state index in [1.54, 1.807) is 25.1 Å². The third-order valence-corrected chi connectivity index (χ3v) is 6.44. The summed E-state index contributed by atoms with van der Waals surface area (Å²) >= 11 is 0. The molecule has 0 N–H and O–H groups in total.